The number of piperidine rings is 1. The summed E-state index contributed by atoms with van der Waals surface area (Å²) in [4.78, 5) is 16.2. The Balaban J connectivity index is 1.52. The summed E-state index contributed by atoms with van der Waals surface area (Å²) in [5, 5.41) is 10.2. The highest BCUT2D eigenvalue weighted by molar-refractivity contribution is 7.21. The molecule has 0 saturated carbocycles. The molecular formula is C21H26N4OS. The van der Waals surface area contributed by atoms with Crippen molar-refractivity contribution in [1.82, 2.24) is 14.9 Å². The van der Waals surface area contributed by atoms with Crippen LogP contribution in [0.2, 0.25) is 0 Å². The molecule has 0 unspecified atom stereocenters. The van der Waals surface area contributed by atoms with Gasteiger partial charge in [-0.2, -0.15) is 0 Å². The molecule has 0 aliphatic carbocycles. The Bertz CT molecular complexity index is 874. The van der Waals surface area contributed by atoms with Crippen LogP contribution in [0.25, 0.3) is 20.7 Å². The molecule has 6 heteroatoms. The third-order valence-electron chi connectivity index (χ3n) is 5.42. The molecule has 142 valence electrons. The number of thiophene rings is 1. The highest BCUT2D eigenvalue weighted by Gasteiger charge is 2.24. The lowest BCUT2D eigenvalue weighted by molar-refractivity contribution is 0.184. The van der Waals surface area contributed by atoms with Gasteiger partial charge >= 0.3 is 0 Å². The van der Waals surface area contributed by atoms with Crippen LogP contribution < -0.4 is 4.90 Å². The first-order valence-electron chi connectivity index (χ1n) is 9.62. The fourth-order valence-corrected chi connectivity index (χ4v) is 4.86. The number of aromatic nitrogens is 2. The van der Waals surface area contributed by atoms with E-state index in [1.807, 2.05) is 6.07 Å². The highest BCUT2D eigenvalue weighted by atomic mass is 32.1. The van der Waals surface area contributed by atoms with Gasteiger partial charge in [0.25, 0.3) is 0 Å². The molecule has 1 aliphatic heterocycles. The number of benzene rings is 1. The lowest BCUT2D eigenvalue weighted by atomic mass is 10.0. The third-order valence-corrected chi connectivity index (χ3v) is 6.52. The van der Waals surface area contributed by atoms with Crippen molar-refractivity contribution in [2.45, 2.75) is 25.3 Å². The van der Waals surface area contributed by atoms with Crippen molar-refractivity contribution >= 4 is 27.4 Å². The number of aliphatic hydroxyl groups is 1. The summed E-state index contributed by atoms with van der Waals surface area (Å²) in [5.41, 5.74) is 1.23. The van der Waals surface area contributed by atoms with Crippen molar-refractivity contribution in [2.75, 3.05) is 38.2 Å². The zero-order chi connectivity index (χ0) is 18.6. The van der Waals surface area contributed by atoms with E-state index in [1.54, 1.807) is 17.7 Å². The molecule has 27 heavy (non-hydrogen) atoms. The second-order valence-corrected chi connectivity index (χ2v) is 8.20. The third kappa shape index (κ3) is 3.98. The molecule has 1 aliphatic rings. The van der Waals surface area contributed by atoms with Gasteiger partial charge in [-0.25, -0.2) is 9.97 Å². The van der Waals surface area contributed by atoms with Gasteiger partial charge in [0.05, 0.1) is 5.39 Å². The number of nitrogens with zero attached hydrogens (tertiary/aromatic N) is 4. The van der Waals surface area contributed by atoms with Gasteiger partial charge in [-0.05, 0) is 37.9 Å². The molecule has 4 rings (SSSR count). The van der Waals surface area contributed by atoms with E-state index in [2.05, 4.69) is 57.1 Å². The van der Waals surface area contributed by atoms with Crippen molar-refractivity contribution in [1.29, 1.82) is 0 Å². The maximum absolute atomic E-state index is 9.04. The van der Waals surface area contributed by atoms with Gasteiger partial charge in [0, 0.05) is 37.2 Å². The van der Waals surface area contributed by atoms with E-state index in [-0.39, 0.29) is 6.61 Å². The molecule has 5 nitrogen and oxygen atoms in total. The number of aliphatic hydroxyl groups excluding tert-OH is 1. The topological polar surface area (TPSA) is 52.5 Å². The van der Waals surface area contributed by atoms with E-state index in [0.29, 0.717) is 6.04 Å². The van der Waals surface area contributed by atoms with Gasteiger partial charge in [0.15, 0.2) is 0 Å². The summed E-state index contributed by atoms with van der Waals surface area (Å²) >= 11 is 1.73. The fourth-order valence-electron chi connectivity index (χ4n) is 3.86. The van der Waals surface area contributed by atoms with Crippen molar-refractivity contribution < 1.29 is 5.11 Å². The molecule has 3 heterocycles. The molecule has 0 amide bonds. The first-order valence-corrected chi connectivity index (χ1v) is 10.4. The summed E-state index contributed by atoms with van der Waals surface area (Å²) in [6.07, 6.45) is 4.80. The minimum absolute atomic E-state index is 0.268. The van der Waals surface area contributed by atoms with E-state index in [9.17, 15) is 0 Å². The number of anilines is 1. The molecule has 1 fully saturated rings. The monoisotopic (exact) mass is 382 g/mol. The summed E-state index contributed by atoms with van der Waals surface area (Å²) in [6.45, 7) is 3.25. The van der Waals surface area contributed by atoms with Gasteiger partial charge in [0.2, 0.25) is 0 Å². The zero-order valence-electron chi connectivity index (χ0n) is 15.7. The van der Waals surface area contributed by atoms with E-state index in [4.69, 9.17) is 5.11 Å². The van der Waals surface area contributed by atoms with Crippen molar-refractivity contribution in [2.24, 2.45) is 0 Å². The Morgan fingerprint density at radius 3 is 2.70 bits per heavy atom. The second kappa shape index (κ2) is 8.33. The van der Waals surface area contributed by atoms with Crippen molar-refractivity contribution in [3.05, 3.63) is 42.7 Å². The second-order valence-electron chi connectivity index (χ2n) is 7.17. The maximum atomic E-state index is 9.04. The van der Waals surface area contributed by atoms with Crippen LogP contribution in [0.1, 0.15) is 19.3 Å². The minimum Gasteiger partial charge on any atom is -0.396 e. The van der Waals surface area contributed by atoms with Crippen LogP contribution in [0.5, 0.6) is 0 Å². The van der Waals surface area contributed by atoms with Gasteiger partial charge in [0.1, 0.15) is 17.0 Å². The predicted molar refractivity (Wildman–Crippen MR) is 112 cm³/mol. The van der Waals surface area contributed by atoms with Crippen LogP contribution in [0.4, 0.5) is 5.82 Å². The molecule has 0 bridgehead atoms. The van der Waals surface area contributed by atoms with Gasteiger partial charge < -0.3 is 14.9 Å². The van der Waals surface area contributed by atoms with E-state index >= 15 is 0 Å². The number of rotatable bonds is 6. The molecule has 1 saturated heterocycles. The molecule has 1 aromatic carbocycles. The van der Waals surface area contributed by atoms with E-state index in [0.717, 1.165) is 54.9 Å². The average molecular weight is 383 g/mol. The minimum atomic E-state index is 0.268. The van der Waals surface area contributed by atoms with Gasteiger partial charge in [-0.3, -0.25) is 0 Å². The standard InChI is InChI=1S/C21H26N4OS/c1-24(10-5-13-26)17-8-11-25(12-9-17)20-18-14-19(16-6-3-2-4-7-16)27-21(18)23-15-22-20/h2-4,6-7,14-15,17,26H,5,8-13H2,1H3. The van der Waals surface area contributed by atoms with Crippen LogP contribution in [0, 0.1) is 0 Å². The van der Waals surface area contributed by atoms with Crippen LogP contribution in [0.15, 0.2) is 42.7 Å². The Morgan fingerprint density at radius 2 is 1.96 bits per heavy atom. The lowest BCUT2D eigenvalue weighted by Crippen LogP contribution is -2.44. The highest BCUT2D eigenvalue weighted by Crippen LogP contribution is 2.36. The first kappa shape index (κ1) is 18.3. The largest absolute Gasteiger partial charge is 0.396 e. The normalized spacial score (nSPS) is 15.7. The summed E-state index contributed by atoms with van der Waals surface area (Å²) in [5.74, 6) is 1.06. The van der Waals surface area contributed by atoms with E-state index in [1.165, 1.54) is 10.4 Å². The Hall–Kier alpha value is -2.02. The fraction of sp³-hybridized carbons (Fsp3) is 0.429. The number of fused-ring (bicyclic) bond motifs is 1. The van der Waals surface area contributed by atoms with Gasteiger partial charge in [-0.1, -0.05) is 30.3 Å². The SMILES string of the molecule is CN(CCCO)C1CCN(c2ncnc3sc(-c4ccccc4)cc23)CC1. The molecule has 1 N–H and O–H groups in total. The Kier molecular flexibility index (Phi) is 5.66. The summed E-state index contributed by atoms with van der Waals surface area (Å²) in [7, 11) is 2.17. The van der Waals surface area contributed by atoms with Crippen LogP contribution in [0.3, 0.4) is 0 Å². The van der Waals surface area contributed by atoms with Crippen LogP contribution in [-0.2, 0) is 0 Å². The Labute approximate surface area is 164 Å². The summed E-state index contributed by atoms with van der Waals surface area (Å²) < 4.78 is 0. The first-order chi connectivity index (χ1) is 13.3. The zero-order valence-corrected chi connectivity index (χ0v) is 16.5. The van der Waals surface area contributed by atoms with Crippen molar-refractivity contribution in [3.63, 3.8) is 0 Å². The quantitative estimate of drug-likeness (QED) is 0.705. The van der Waals surface area contributed by atoms with Crippen LogP contribution in [-0.4, -0.2) is 59.3 Å². The molecule has 0 spiro atoms. The van der Waals surface area contributed by atoms with Crippen molar-refractivity contribution in [3.8, 4) is 10.4 Å². The lowest BCUT2D eigenvalue weighted by Gasteiger charge is -2.37. The molecular weight excluding hydrogens is 356 g/mol. The van der Waals surface area contributed by atoms with E-state index < -0.39 is 0 Å². The average Bonchev–Trinajstić information content (AvgIpc) is 3.17. The Morgan fingerprint density at radius 1 is 1.19 bits per heavy atom. The smallest absolute Gasteiger partial charge is 0.140 e. The summed E-state index contributed by atoms with van der Waals surface area (Å²) in [6, 6.07) is 13.3. The number of hydrogen-bond acceptors (Lipinski definition) is 6. The van der Waals surface area contributed by atoms with Crippen LogP contribution >= 0.6 is 11.3 Å². The maximum Gasteiger partial charge on any atom is 0.140 e. The predicted octanol–water partition coefficient (Wildman–Crippen LogP) is 3.64. The molecule has 2 aromatic heterocycles. The molecule has 0 radical (unpaired) electrons. The molecule has 3 aromatic rings. The van der Waals surface area contributed by atoms with Gasteiger partial charge in [-0.15, -0.1) is 11.3 Å². The number of hydrogen-bond donors (Lipinski definition) is 1. The molecule has 0 atom stereocenters.